The van der Waals surface area contributed by atoms with Crippen molar-refractivity contribution in [1.29, 1.82) is 0 Å². The van der Waals surface area contributed by atoms with Gasteiger partial charge in [-0.15, -0.1) is 6.58 Å². The lowest BCUT2D eigenvalue weighted by Crippen LogP contribution is -2.22. The van der Waals surface area contributed by atoms with Crippen LogP contribution in [0, 0.1) is 0 Å². The molecule has 0 fully saturated rings. The molecule has 0 aromatic rings. The predicted molar refractivity (Wildman–Crippen MR) is 48.1 cm³/mol. The van der Waals surface area contributed by atoms with Crippen molar-refractivity contribution < 1.29 is 9.63 Å². The lowest BCUT2D eigenvalue weighted by Gasteiger charge is -2.12. The normalized spacial score (nSPS) is 9.42. The third-order valence-electron chi connectivity index (χ3n) is 1.39. The first-order valence-electron chi connectivity index (χ1n) is 4.24. The van der Waals surface area contributed by atoms with Gasteiger partial charge in [0.15, 0.2) is 0 Å². The van der Waals surface area contributed by atoms with Crippen LogP contribution in [0.25, 0.3) is 0 Å². The SMILES string of the molecule is C=CCN([C]=O)O[14CH2]CCCC. The van der Waals surface area contributed by atoms with E-state index in [0.717, 1.165) is 24.3 Å². The molecule has 12 heavy (non-hydrogen) atoms. The molecule has 0 spiro atoms. The van der Waals surface area contributed by atoms with Gasteiger partial charge in [-0.2, -0.15) is 0 Å². The maximum absolute atomic E-state index is 10.2. The second kappa shape index (κ2) is 8.27. The van der Waals surface area contributed by atoms with Crippen molar-refractivity contribution in [3.05, 3.63) is 12.7 Å². The standard InChI is InChI=1S/C9H16NO2/c1-3-5-6-8-12-10(9-11)7-4-2/h4H,2-3,5-8H2,1H3/i8+2. The topological polar surface area (TPSA) is 29.5 Å². The molecule has 0 aromatic heterocycles. The molecule has 0 heterocycles. The summed E-state index contributed by atoms with van der Waals surface area (Å²) >= 11 is 0. The summed E-state index contributed by atoms with van der Waals surface area (Å²) in [6.45, 7) is 6.59. The van der Waals surface area contributed by atoms with Gasteiger partial charge in [-0.25, -0.2) is 5.06 Å². The Balaban J connectivity index is 3.31. The molecule has 0 aliphatic carbocycles. The molecule has 0 aliphatic rings. The maximum atomic E-state index is 10.2. The molecule has 0 unspecified atom stereocenters. The zero-order valence-electron chi connectivity index (χ0n) is 7.58. The van der Waals surface area contributed by atoms with E-state index in [1.54, 1.807) is 12.5 Å². The van der Waals surface area contributed by atoms with Crippen molar-refractivity contribution in [3.8, 4) is 0 Å². The number of rotatable bonds is 8. The van der Waals surface area contributed by atoms with Gasteiger partial charge >= 0.3 is 6.41 Å². The van der Waals surface area contributed by atoms with E-state index in [0.29, 0.717) is 13.2 Å². The van der Waals surface area contributed by atoms with Gasteiger partial charge in [-0.1, -0.05) is 25.8 Å². The summed E-state index contributed by atoms with van der Waals surface area (Å²) in [5.41, 5.74) is 0. The molecule has 3 heteroatoms. The fraction of sp³-hybridized carbons (Fsp3) is 0.667. The minimum absolute atomic E-state index is 0.398. The molecule has 3 nitrogen and oxygen atoms in total. The van der Waals surface area contributed by atoms with Crippen LogP contribution in [0.1, 0.15) is 26.2 Å². The highest BCUT2D eigenvalue weighted by Gasteiger charge is 1.98. The fourth-order valence-electron chi connectivity index (χ4n) is 0.760. The largest absolute Gasteiger partial charge is 0.338 e. The zero-order valence-corrected chi connectivity index (χ0v) is 7.58. The molecule has 0 saturated heterocycles. The molecule has 0 aliphatic heterocycles. The van der Waals surface area contributed by atoms with E-state index in [-0.39, 0.29) is 0 Å². The third kappa shape index (κ3) is 5.92. The number of amides is 1. The van der Waals surface area contributed by atoms with Crippen LogP contribution >= 0.6 is 0 Å². The number of unbranched alkanes of at least 4 members (excludes halogenated alkanes) is 2. The summed E-state index contributed by atoms with van der Waals surface area (Å²) in [5.74, 6) is 0. The Morgan fingerprint density at radius 1 is 1.75 bits per heavy atom. The molecule has 0 N–H and O–H groups in total. The van der Waals surface area contributed by atoms with Gasteiger partial charge in [0.1, 0.15) is 0 Å². The Hall–Kier alpha value is -0.830. The highest BCUT2D eigenvalue weighted by Crippen LogP contribution is 1.95. The second-order valence-electron chi connectivity index (χ2n) is 2.48. The van der Waals surface area contributed by atoms with Crippen LogP contribution in [0.5, 0.6) is 0 Å². The Labute approximate surface area is 74.0 Å². The summed E-state index contributed by atoms with van der Waals surface area (Å²) < 4.78 is 0. The minimum Gasteiger partial charge on any atom is -0.270 e. The Bertz CT molecular complexity index is 126. The van der Waals surface area contributed by atoms with Crippen molar-refractivity contribution >= 4 is 6.41 Å². The average molecular weight is 172 g/mol. The number of hydroxylamine groups is 2. The Kier molecular flexibility index (Phi) is 7.70. The van der Waals surface area contributed by atoms with Gasteiger partial charge in [0.25, 0.3) is 0 Å². The van der Waals surface area contributed by atoms with Crippen LogP contribution in [-0.2, 0) is 9.63 Å². The highest BCUT2D eigenvalue weighted by molar-refractivity contribution is 5.46. The van der Waals surface area contributed by atoms with Crippen molar-refractivity contribution in [3.63, 3.8) is 0 Å². The van der Waals surface area contributed by atoms with E-state index in [1.165, 1.54) is 0 Å². The van der Waals surface area contributed by atoms with Gasteiger partial charge in [-0.05, 0) is 6.42 Å². The summed E-state index contributed by atoms with van der Waals surface area (Å²) in [4.78, 5) is 15.3. The molecular weight excluding hydrogens is 156 g/mol. The van der Waals surface area contributed by atoms with E-state index in [1.807, 2.05) is 0 Å². The van der Waals surface area contributed by atoms with E-state index in [2.05, 4.69) is 13.5 Å². The van der Waals surface area contributed by atoms with Crippen LogP contribution in [0.2, 0.25) is 0 Å². The van der Waals surface area contributed by atoms with Crippen LogP contribution in [0.3, 0.4) is 0 Å². The van der Waals surface area contributed by atoms with Crippen molar-refractivity contribution in [2.24, 2.45) is 0 Å². The fourth-order valence-corrected chi connectivity index (χ4v) is 0.760. The zero-order chi connectivity index (χ0) is 9.23. The highest BCUT2D eigenvalue weighted by atomic mass is 16.8. The molecule has 0 saturated carbocycles. The van der Waals surface area contributed by atoms with E-state index in [9.17, 15) is 4.79 Å². The van der Waals surface area contributed by atoms with Crippen LogP contribution < -0.4 is 0 Å². The van der Waals surface area contributed by atoms with Crippen LogP contribution in [-0.4, -0.2) is 24.6 Å². The molecule has 0 bridgehead atoms. The second-order valence-corrected chi connectivity index (χ2v) is 2.48. The van der Waals surface area contributed by atoms with E-state index < -0.39 is 0 Å². The predicted octanol–water partition coefficient (Wildman–Crippen LogP) is 1.66. The molecule has 0 rings (SSSR count). The summed E-state index contributed by atoms with van der Waals surface area (Å²) in [7, 11) is 0. The minimum atomic E-state index is 0.398. The number of nitrogens with zero attached hydrogens (tertiary/aromatic N) is 1. The van der Waals surface area contributed by atoms with E-state index in [4.69, 9.17) is 4.84 Å². The van der Waals surface area contributed by atoms with Crippen LogP contribution in [0.15, 0.2) is 12.7 Å². The van der Waals surface area contributed by atoms with Crippen molar-refractivity contribution in [2.45, 2.75) is 26.2 Å². The van der Waals surface area contributed by atoms with Gasteiger partial charge in [0.05, 0.1) is 13.2 Å². The quantitative estimate of drug-likeness (QED) is 0.241. The van der Waals surface area contributed by atoms with Gasteiger partial charge in [-0.3, -0.25) is 9.63 Å². The molecule has 0 aromatic carbocycles. The molecule has 69 valence electrons. The number of hydrogen-bond acceptors (Lipinski definition) is 2. The molecule has 0 atom stereocenters. The maximum Gasteiger partial charge on any atom is 0.338 e. The van der Waals surface area contributed by atoms with Gasteiger partial charge in [0, 0.05) is 0 Å². The monoisotopic (exact) mass is 172 g/mol. The third-order valence-corrected chi connectivity index (χ3v) is 1.39. The number of hydrogen-bond donors (Lipinski definition) is 0. The smallest absolute Gasteiger partial charge is 0.270 e. The Morgan fingerprint density at radius 2 is 2.50 bits per heavy atom. The van der Waals surface area contributed by atoms with Gasteiger partial charge in [0.2, 0.25) is 0 Å². The van der Waals surface area contributed by atoms with Crippen LogP contribution in [0.4, 0.5) is 0 Å². The Morgan fingerprint density at radius 3 is 3.00 bits per heavy atom. The molecule has 1 amide bonds. The van der Waals surface area contributed by atoms with Crippen molar-refractivity contribution in [2.75, 3.05) is 13.2 Å². The number of carbonyl (C=O) groups excluding carboxylic acids is 1. The lowest BCUT2D eigenvalue weighted by atomic mass is 10.3. The lowest BCUT2D eigenvalue weighted by molar-refractivity contribution is -0.0934. The molecular formula is C9H16NO2. The molecule has 1 radical (unpaired) electrons. The first kappa shape index (κ1) is 11.2. The average Bonchev–Trinajstić information content (AvgIpc) is 2.10. The summed E-state index contributed by atoms with van der Waals surface area (Å²) in [6.07, 6.45) is 6.52. The van der Waals surface area contributed by atoms with Crippen molar-refractivity contribution in [1.82, 2.24) is 5.06 Å². The first-order valence-corrected chi connectivity index (χ1v) is 4.24. The van der Waals surface area contributed by atoms with Gasteiger partial charge < -0.3 is 0 Å². The summed E-state index contributed by atoms with van der Waals surface area (Å²) in [6, 6.07) is 0. The van der Waals surface area contributed by atoms with E-state index >= 15 is 0 Å². The first-order chi connectivity index (χ1) is 5.85. The summed E-state index contributed by atoms with van der Waals surface area (Å²) in [5, 5.41) is 1.13.